The number of benzene rings is 4. The zero-order valence-electron chi connectivity index (χ0n) is 21.5. The second-order valence-corrected chi connectivity index (χ2v) is 9.84. The molecule has 0 aliphatic heterocycles. The number of fused-ring (bicyclic) bond motifs is 5. The van der Waals surface area contributed by atoms with E-state index in [0.29, 0.717) is 0 Å². The van der Waals surface area contributed by atoms with Gasteiger partial charge >= 0.3 is 0 Å². The highest BCUT2D eigenvalue weighted by molar-refractivity contribution is 6.22. The van der Waals surface area contributed by atoms with E-state index in [1.54, 1.807) is 12.4 Å². The molecule has 0 aliphatic rings. The van der Waals surface area contributed by atoms with Crippen LogP contribution in [-0.2, 0) is 0 Å². The molecule has 0 saturated carbocycles. The Labute approximate surface area is 230 Å². The summed E-state index contributed by atoms with van der Waals surface area (Å²) in [5.41, 5.74) is 8.27. The molecule has 0 amide bonds. The molecule has 0 bridgehead atoms. The van der Waals surface area contributed by atoms with Gasteiger partial charge in [-0.2, -0.15) is 0 Å². The van der Waals surface area contributed by atoms with Crippen LogP contribution in [0.15, 0.2) is 144 Å². The molecule has 4 aromatic heterocycles. The van der Waals surface area contributed by atoms with Crippen LogP contribution < -0.4 is 0 Å². The Kier molecular flexibility index (Phi) is 5.10. The minimum atomic E-state index is 0.859. The maximum atomic E-state index is 6.86. The molecule has 0 fully saturated rings. The highest BCUT2D eigenvalue weighted by Gasteiger charge is 2.23. The Hall–Kier alpha value is -5.48. The lowest BCUT2D eigenvalue weighted by Gasteiger charge is -2.09. The molecule has 4 heteroatoms. The van der Waals surface area contributed by atoms with Crippen molar-refractivity contribution in [1.29, 1.82) is 0 Å². The third-order valence-corrected chi connectivity index (χ3v) is 7.53. The molecule has 0 N–H and O–H groups in total. The van der Waals surface area contributed by atoms with Crippen molar-refractivity contribution < 1.29 is 4.42 Å². The number of nitrogens with zero attached hydrogens (tertiary/aromatic N) is 3. The van der Waals surface area contributed by atoms with E-state index in [1.165, 1.54) is 0 Å². The fraction of sp³-hybridized carbons (Fsp3) is 0. The molecule has 0 aliphatic carbocycles. The Balaban J connectivity index is 1.46. The minimum absolute atomic E-state index is 0.859. The van der Waals surface area contributed by atoms with Crippen molar-refractivity contribution in [1.82, 2.24) is 14.5 Å². The second kappa shape index (κ2) is 9.07. The van der Waals surface area contributed by atoms with Crippen molar-refractivity contribution in [2.45, 2.75) is 0 Å². The Morgan fingerprint density at radius 1 is 0.525 bits per heavy atom. The predicted molar refractivity (Wildman–Crippen MR) is 162 cm³/mol. The van der Waals surface area contributed by atoms with Crippen LogP contribution in [0.2, 0.25) is 0 Å². The third-order valence-electron chi connectivity index (χ3n) is 7.53. The molecule has 4 nitrogen and oxygen atoms in total. The summed E-state index contributed by atoms with van der Waals surface area (Å²) in [5, 5.41) is 3.31. The van der Waals surface area contributed by atoms with Crippen molar-refractivity contribution in [3.05, 3.63) is 140 Å². The summed E-state index contributed by atoms with van der Waals surface area (Å²) in [7, 11) is 0. The smallest absolute Gasteiger partial charge is 0.145 e. The largest absolute Gasteiger partial charge is 0.455 e. The van der Waals surface area contributed by atoms with Crippen molar-refractivity contribution >= 4 is 32.8 Å². The predicted octanol–water partition coefficient (Wildman–Crippen LogP) is 9.32. The zero-order chi connectivity index (χ0) is 26.5. The quantitative estimate of drug-likeness (QED) is 0.235. The van der Waals surface area contributed by atoms with E-state index in [4.69, 9.17) is 9.40 Å². The van der Waals surface area contributed by atoms with Gasteiger partial charge in [-0.05, 0) is 48.0 Å². The molecular formula is C36H23N3O. The van der Waals surface area contributed by atoms with Gasteiger partial charge in [0.2, 0.25) is 0 Å². The van der Waals surface area contributed by atoms with Crippen LogP contribution >= 0.6 is 0 Å². The number of rotatable bonds is 4. The van der Waals surface area contributed by atoms with Gasteiger partial charge in [-0.15, -0.1) is 0 Å². The SMILES string of the molecule is c1ccc(-c2oc3c(ccc4c3c3ccccc3n4-c3cccc(-c4ccncc4)n3)c2-c2ccccc2)cc1. The molecule has 40 heavy (non-hydrogen) atoms. The summed E-state index contributed by atoms with van der Waals surface area (Å²) in [4.78, 5) is 9.25. The van der Waals surface area contributed by atoms with E-state index in [0.717, 1.165) is 72.3 Å². The summed E-state index contributed by atoms with van der Waals surface area (Å²) in [6, 6.07) is 43.9. The number of pyridine rings is 2. The van der Waals surface area contributed by atoms with Crippen LogP contribution in [0.5, 0.6) is 0 Å². The zero-order valence-corrected chi connectivity index (χ0v) is 21.5. The van der Waals surface area contributed by atoms with Crippen LogP contribution in [0.4, 0.5) is 0 Å². The molecule has 0 spiro atoms. The monoisotopic (exact) mass is 513 g/mol. The van der Waals surface area contributed by atoms with Crippen molar-refractivity contribution in [2.75, 3.05) is 0 Å². The molecule has 8 rings (SSSR count). The number of aromatic nitrogens is 3. The van der Waals surface area contributed by atoms with Crippen molar-refractivity contribution in [3.63, 3.8) is 0 Å². The summed E-state index contributed by atoms with van der Waals surface area (Å²) < 4.78 is 9.10. The normalized spacial score (nSPS) is 11.5. The van der Waals surface area contributed by atoms with Gasteiger partial charge in [0.05, 0.1) is 22.1 Å². The van der Waals surface area contributed by atoms with Gasteiger partial charge in [0.15, 0.2) is 0 Å². The Bertz CT molecular complexity index is 2140. The van der Waals surface area contributed by atoms with Crippen molar-refractivity contribution in [3.8, 4) is 39.5 Å². The lowest BCUT2D eigenvalue weighted by molar-refractivity contribution is 0.636. The van der Waals surface area contributed by atoms with Gasteiger partial charge in [-0.25, -0.2) is 4.98 Å². The van der Waals surface area contributed by atoms with E-state index in [-0.39, 0.29) is 0 Å². The van der Waals surface area contributed by atoms with E-state index in [1.807, 2.05) is 30.3 Å². The van der Waals surface area contributed by atoms with Gasteiger partial charge in [-0.3, -0.25) is 9.55 Å². The van der Waals surface area contributed by atoms with Crippen molar-refractivity contribution in [2.24, 2.45) is 0 Å². The van der Waals surface area contributed by atoms with E-state index in [9.17, 15) is 0 Å². The number of furan rings is 1. The lowest BCUT2D eigenvalue weighted by atomic mass is 9.98. The number of para-hydroxylation sites is 1. The van der Waals surface area contributed by atoms with E-state index < -0.39 is 0 Å². The minimum Gasteiger partial charge on any atom is -0.455 e. The van der Waals surface area contributed by atoms with Crippen LogP contribution in [0.25, 0.3) is 72.3 Å². The second-order valence-electron chi connectivity index (χ2n) is 9.84. The average molecular weight is 514 g/mol. The van der Waals surface area contributed by atoms with Gasteiger partial charge in [-0.1, -0.05) is 84.9 Å². The first-order valence-electron chi connectivity index (χ1n) is 13.3. The van der Waals surface area contributed by atoms with Gasteiger partial charge in [0.1, 0.15) is 17.2 Å². The van der Waals surface area contributed by atoms with Crippen LogP contribution in [0, 0.1) is 0 Å². The molecule has 4 heterocycles. The highest BCUT2D eigenvalue weighted by atomic mass is 16.3. The lowest BCUT2D eigenvalue weighted by Crippen LogP contribution is -1.98. The molecule has 4 aromatic carbocycles. The molecule has 188 valence electrons. The van der Waals surface area contributed by atoms with E-state index >= 15 is 0 Å². The topological polar surface area (TPSA) is 43.9 Å². The van der Waals surface area contributed by atoms with Crippen LogP contribution in [-0.4, -0.2) is 14.5 Å². The standard InChI is InChI=1S/C36H23N3O/c1-3-10-25(11-4-1)33-28-18-19-31-34(36(28)40-35(33)26-12-5-2-6-13-26)27-14-7-8-16-30(27)39(31)32-17-9-15-29(38-32)24-20-22-37-23-21-24/h1-23H. The maximum absolute atomic E-state index is 6.86. The van der Waals surface area contributed by atoms with Crippen LogP contribution in [0.1, 0.15) is 0 Å². The molecule has 0 atom stereocenters. The highest BCUT2D eigenvalue weighted by Crippen LogP contribution is 2.45. The first-order valence-corrected chi connectivity index (χ1v) is 13.3. The number of hydrogen-bond acceptors (Lipinski definition) is 3. The third kappa shape index (κ3) is 3.47. The van der Waals surface area contributed by atoms with Gasteiger partial charge in [0, 0.05) is 39.9 Å². The summed E-state index contributed by atoms with van der Waals surface area (Å²) in [6.45, 7) is 0. The first kappa shape index (κ1) is 22.5. The first-order chi connectivity index (χ1) is 19.9. The maximum Gasteiger partial charge on any atom is 0.145 e. The average Bonchev–Trinajstić information content (AvgIpc) is 3.59. The molecular weight excluding hydrogens is 490 g/mol. The summed E-state index contributed by atoms with van der Waals surface area (Å²) in [5.74, 6) is 1.74. The molecule has 0 saturated heterocycles. The fourth-order valence-corrected chi connectivity index (χ4v) is 5.77. The summed E-state index contributed by atoms with van der Waals surface area (Å²) in [6.07, 6.45) is 3.60. The fourth-order valence-electron chi connectivity index (χ4n) is 5.77. The molecule has 0 unspecified atom stereocenters. The summed E-state index contributed by atoms with van der Waals surface area (Å²) >= 11 is 0. The molecule has 0 radical (unpaired) electrons. The van der Waals surface area contributed by atoms with Crippen LogP contribution in [0.3, 0.4) is 0 Å². The van der Waals surface area contributed by atoms with E-state index in [2.05, 4.69) is 107 Å². The Morgan fingerprint density at radius 3 is 2.05 bits per heavy atom. The number of hydrogen-bond donors (Lipinski definition) is 0. The molecule has 8 aromatic rings. The van der Waals surface area contributed by atoms with Gasteiger partial charge < -0.3 is 4.42 Å². The van der Waals surface area contributed by atoms with Gasteiger partial charge in [0.25, 0.3) is 0 Å². The Morgan fingerprint density at radius 2 is 1.25 bits per heavy atom.